The van der Waals surface area contributed by atoms with Crippen LogP contribution in [0.4, 0.5) is 0 Å². The largest absolute Gasteiger partial charge is 0.480 e. The number of carbonyl (C=O) groups is 5. The number of Topliss-reactive ketones (excluding diaryl/α,β-unsaturated/α-hetero) is 1. The SMILES string of the molecule is CCCCC/C=C\C/C=C\CCCCCCCC(=O)N1CCC[C@H]1C(=O)N1CCC[C@H]1C(=O)CCC(=O)N[C@@H](Cc1ccc(C)cc1)C(=O)O. The van der Waals surface area contributed by atoms with Crippen LogP contribution >= 0.6 is 0 Å². The number of aliphatic carboxylic acids is 1. The molecule has 2 fully saturated rings. The van der Waals surface area contributed by atoms with Crippen LogP contribution in [0.15, 0.2) is 48.6 Å². The number of hydrogen-bond donors (Lipinski definition) is 2. The Morgan fingerprint density at radius 1 is 0.780 bits per heavy atom. The van der Waals surface area contributed by atoms with Gasteiger partial charge in [-0.25, -0.2) is 4.79 Å². The zero-order chi connectivity index (χ0) is 36.1. The van der Waals surface area contributed by atoms with Crippen LogP contribution in [-0.4, -0.2) is 75.6 Å². The molecule has 0 saturated carbocycles. The highest BCUT2D eigenvalue weighted by Gasteiger charge is 2.41. The zero-order valence-electron chi connectivity index (χ0n) is 30.6. The van der Waals surface area contributed by atoms with E-state index in [1.807, 2.05) is 31.2 Å². The Labute approximate surface area is 299 Å². The normalized spacial score (nSPS) is 18.3. The number of likely N-dealkylation sites (tertiary alicyclic amines) is 2. The number of allylic oxidation sites excluding steroid dienone is 4. The summed E-state index contributed by atoms with van der Waals surface area (Å²) in [6.07, 6.45) is 24.4. The first-order valence-electron chi connectivity index (χ1n) is 19.2. The average Bonchev–Trinajstić information content (AvgIpc) is 3.80. The molecule has 3 amide bonds. The van der Waals surface area contributed by atoms with Gasteiger partial charge >= 0.3 is 5.97 Å². The van der Waals surface area contributed by atoms with Gasteiger partial charge in [-0.05, 0) is 76.7 Å². The van der Waals surface area contributed by atoms with E-state index in [1.165, 1.54) is 25.7 Å². The average molecular weight is 692 g/mol. The molecule has 2 aliphatic heterocycles. The third-order valence-corrected chi connectivity index (χ3v) is 9.90. The molecule has 2 heterocycles. The second-order valence-corrected chi connectivity index (χ2v) is 14.0. The Kier molecular flexibility index (Phi) is 18.6. The minimum Gasteiger partial charge on any atom is -0.480 e. The summed E-state index contributed by atoms with van der Waals surface area (Å²) >= 11 is 0. The van der Waals surface area contributed by atoms with Crippen molar-refractivity contribution in [2.75, 3.05) is 13.1 Å². The number of benzene rings is 1. The van der Waals surface area contributed by atoms with Crippen LogP contribution in [0.3, 0.4) is 0 Å². The number of rotatable bonds is 23. The molecule has 2 saturated heterocycles. The Balaban J connectivity index is 1.35. The van der Waals surface area contributed by atoms with E-state index in [-0.39, 0.29) is 36.9 Å². The lowest BCUT2D eigenvalue weighted by molar-refractivity contribution is -0.146. The van der Waals surface area contributed by atoms with E-state index < -0.39 is 30.0 Å². The first-order valence-corrected chi connectivity index (χ1v) is 19.2. The number of carboxylic acids is 1. The van der Waals surface area contributed by atoms with Gasteiger partial charge in [-0.1, -0.05) is 93.2 Å². The van der Waals surface area contributed by atoms with E-state index in [9.17, 15) is 29.1 Å². The lowest BCUT2D eigenvalue weighted by Crippen LogP contribution is -2.51. The van der Waals surface area contributed by atoms with Gasteiger partial charge in [-0.3, -0.25) is 19.2 Å². The van der Waals surface area contributed by atoms with Crippen molar-refractivity contribution in [2.24, 2.45) is 0 Å². The molecule has 0 bridgehead atoms. The van der Waals surface area contributed by atoms with E-state index in [4.69, 9.17) is 0 Å². The molecule has 2 N–H and O–H groups in total. The van der Waals surface area contributed by atoms with Gasteiger partial charge in [0.1, 0.15) is 12.1 Å². The quantitative estimate of drug-likeness (QED) is 0.0921. The second-order valence-electron chi connectivity index (χ2n) is 14.0. The topological polar surface area (TPSA) is 124 Å². The molecule has 9 heteroatoms. The number of carbonyl (C=O) groups excluding carboxylic acids is 4. The van der Waals surface area contributed by atoms with Gasteiger partial charge in [0.15, 0.2) is 5.78 Å². The van der Waals surface area contributed by atoms with Crippen molar-refractivity contribution in [3.8, 4) is 0 Å². The lowest BCUT2D eigenvalue weighted by atomic mass is 10.0. The predicted octanol–water partition coefficient (Wildman–Crippen LogP) is 7.25. The fraction of sp³-hybridized carbons (Fsp3) is 0.634. The van der Waals surface area contributed by atoms with Gasteiger partial charge < -0.3 is 20.2 Å². The Morgan fingerprint density at radius 3 is 2.08 bits per heavy atom. The summed E-state index contributed by atoms with van der Waals surface area (Å²) in [4.78, 5) is 67.8. The van der Waals surface area contributed by atoms with Crippen LogP contribution in [0.25, 0.3) is 0 Å². The number of nitrogens with zero attached hydrogens (tertiary/aromatic N) is 2. The summed E-state index contributed by atoms with van der Waals surface area (Å²) in [7, 11) is 0. The minimum atomic E-state index is -1.14. The molecule has 0 radical (unpaired) electrons. The van der Waals surface area contributed by atoms with Gasteiger partial charge in [-0.15, -0.1) is 0 Å². The maximum atomic E-state index is 13.7. The molecule has 1 aromatic rings. The standard InChI is InChI=1S/C41H61N3O6/c1-3-4-5-6-7-8-9-10-11-12-13-14-15-16-17-22-39(47)43-29-19-21-36(43)40(48)44-30-18-20-35(44)37(45)27-28-38(46)42-34(41(49)50)31-33-25-23-32(2)24-26-33/h7-8,10-11,23-26,34-36H,3-6,9,12-22,27-31H2,1-2H3,(H,42,46)(H,49,50)/b8-7-,11-10-/t34-,35-,36-/m0/s1. The number of nitrogens with one attached hydrogen (secondary N) is 1. The molecule has 0 aromatic heterocycles. The van der Waals surface area contributed by atoms with E-state index >= 15 is 0 Å². The Hall–Kier alpha value is -3.75. The monoisotopic (exact) mass is 691 g/mol. The van der Waals surface area contributed by atoms with Gasteiger partial charge in [0.05, 0.1) is 6.04 Å². The maximum Gasteiger partial charge on any atom is 0.326 e. The van der Waals surface area contributed by atoms with Crippen molar-refractivity contribution in [3.63, 3.8) is 0 Å². The number of amides is 3. The molecular formula is C41H61N3O6. The second kappa shape index (κ2) is 22.9. The molecular weight excluding hydrogens is 630 g/mol. The number of hydrogen-bond acceptors (Lipinski definition) is 5. The van der Waals surface area contributed by atoms with Crippen LogP contribution in [0, 0.1) is 6.92 Å². The fourth-order valence-corrected chi connectivity index (χ4v) is 6.94. The first kappa shape index (κ1) is 40.7. The smallest absolute Gasteiger partial charge is 0.326 e. The summed E-state index contributed by atoms with van der Waals surface area (Å²) in [6, 6.07) is 5.21. The van der Waals surface area contributed by atoms with Crippen molar-refractivity contribution < 1.29 is 29.1 Å². The van der Waals surface area contributed by atoms with E-state index in [0.29, 0.717) is 38.8 Å². The molecule has 276 valence electrons. The third-order valence-electron chi connectivity index (χ3n) is 9.90. The van der Waals surface area contributed by atoms with E-state index in [2.05, 4.69) is 36.5 Å². The molecule has 0 aliphatic carbocycles. The molecule has 3 atom stereocenters. The van der Waals surface area contributed by atoms with Gasteiger partial charge in [0.25, 0.3) is 0 Å². The Bertz CT molecular complexity index is 1290. The number of ketones is 1. The highest BCUT2D eigenvalue weighted by atomic mass is 16.4. The summed E-state index contributed by atoms with van der Waals surface area (Å²) in [5.41, 5.74) is 1.85. The fourth-order valence-electron chi connectivity index (χ4n) is 6.94. The predicted molar refractivity (Wildman–Crippen MR) is 198 cm³/mol. The zero-order valence-corrected chi connectivity index (χ0v) is 30.6. The lowest BCUT2D eigenvalue weighted by Gasteiger charge is -2.31. The van der Waals surface area contributed by atoms with E-state index in [1.54, 1.807) is 9.80 Å². The van der Waals surface area contributed by atoms with Gasteiger partial charge in [-0.2, -0.15) is 0 Å². The van der Waals surface area contributed by atoms with Crippen molar-refractivity contribution in [3.05, 3.63) is 59.7 Å². The molecule has 0 unspecified atom stereocenters. The van der Waals surface area contributed by atoms with Crippen LogP contribution in [0.5, 0.6) is 0 Å². The Morgan fingerprint density at radius 2 is 1.40 bits per heavy atom. The highest BCUT2D eigenvalue weighted by molar-refractivity contribution is 5.95. The number of carboxylic acid groups (broad SMARTS) is 1. The van der Waals surface area contributed by atoms with Crippen molar-refractivity contribution in [1.29, 1.82) is 0 Å². The van der Waals surface area contributed by atoms with Crippen molar-refractivity contribution in [2.45, 2.75) is 154 Å². The van der Waals surface area contributed by atoms with Crippen molar-refractivity contribution >= 4 is 29.5 Å². The highest BCUT2D eigenvalue weighted by Crippen LogP contribution is 2.27. The summed E-state index contributed by atoms with van der Waals surface area (Å²) in [6.45, 7) is 5.20. The maximum absolute atomic E-state index is 13.7. The van der Waals surface area contributed by atoms with Crippen LogP contribution in [0.1, 0.15) is 134 Å². The molecule has 0 spiro atoms. The molecule has 1 aromatic carbocycles. The molecule has 3 rings (SSSR count). The van der Waals surface area contributed by atoms with Gasteiger partial charge in [0.2, 0.25) is 17.7 Å². The van der Waals surface area contributed by atoms with E-state index in [0.717, 1.165) is 62.5 Å². The number of aryl methyl sites for hydroxylation is 1. The number of unbranched alkanes of at least 4 members (excludes halogenated alkanes) is 8. The summed E-state index contributed by atoms with van der Waals surface area (Å²) in [5, 5.41) is 12.2. The molecule has 50 heavy (non-hydrogen) atoms. The first-order chi connectivity index (χ1) is 24.2. The van der Waals surface area contributed by atoms with Crippen LogP contribution in [-0.2, 0) is 30.4 Å². The summed E-state index contributed by atoms with van der Waals surface area (Å²) < 4.78 is 0. The van der Waals surface area contributed by atoms with Crippen LogP contribution < -0.4 is 5.32 Å². The minimum absolute atomic E-state index is 0.0175. The van der Waals surface area contributed by atoms with Crippen LogP contribution in [0.2, 0.25) is 0 Å². The molecule has 2 aliphatic rings. The van der Waals surface area contributed by atoms with Gasteiger partial charge in [0, 0.05) is 38.8 Å². The van der Waals surface area contributed by atoms with Crippen molar-refractivity contribution in [1.82, 2.24) is 15.1 Å². The summed E-state index contributed by atoms with van der Waals surface area (Å²) in [5.74, 6) is -1.99. The third kappa shape index (κ3) is 14.2. The molecule has 9 nitrogen and oxygen atoms in total.